The van der Waals surface area contributed by atoms with Gasteiger partial charge in [0.2, 0.25) is 15.9 Å². The molecule has 0 radical (unpaired) electrons. The van der Waals surface area contributed by atoms with E-state index in [-0.39, 0.29) is 15.9 Å². The van der Waals surface area contributed by atoms with Gasteiger partial charge in [-0.3, -0.25) is 10.1 Å². The second-order valence-electron chi connectivity index (χ2n) is 6.92. The van der Waals surface area contributed by atoms with Crippen LogP contribution in [-0.4, -0.2) is 61.9 Å². The van der Waals surface area contributed by atoms with Gasteiger partial charge < -0.3 is 10.2 Å². The molecule has 0 saturated carbocycles. The zero-order valence-corrected chi connectivity index (χ0v) is 18.2. The number of anilines is 1. The van der Waals surface area contributed by atoms with E-state index in [4.69, 9.17) is 12.2 Å². The third-order valence-electron chi connectivity index (χ3n) is 4.68. The van der Waals surface area contributed by atoms with E-state index < -0.39 is 10.0 Å². The molecule has 7 nitrogen and oxygen atoms in total. The molecule has 0 atom stereocenters. The van der Waals surface area contributed by atoms with E-state index >= 15 is 0 Å². The topological polar surface area (TPSA) is 81.8 Å². The molecule has 0 aliphatic carbocycles. The second-order valence-corrected chi connectivity index (χ2v) is 9.27. The van der Waals surface area contributed by atoms with E-state index in [0.29, 0.717) is 31.9 Å². The predicted molar refractivity (Wildman–Crippen MR) is 123 cm³/mol. The first-order chi connectivity index (χ1) is 14.3. The van der Waals surface area contributed by atoms with Crippen LogP contribution in [0.25, 0.3) is 6.08 Å². The standard InChI is InChI=1S/C21H24N4O3S2/c1-24-13-15-25(16-14-24)30(27,28)19-10-8-18(9-11-19)22-21(29)23-20(26)12-7-17-5-3-2-4-6-17/h2-12H,13-16H2,1H3,(H2,22,23,26,29)/b12-7-. The maximum Gasteiger partial charge on any atom is 0.250 e. The first kappa shape index (κ1) is 22.1. The van der Waals surface area contributed by atoms with Gasteiger partial charge in [0.15, 0.2) is 5.11 Å². The van der Waals surface area contributed by atoms with Gasteiger partial charge in [-0.25, -0.2) is 8.42 Å². The van der Waals surface area contributed by atoms with Gasteiger partial charge in [0.05, 0.1) is 4.90 Å². The van der Waals surface area contributed by atoms with Crippen molar-refractivity contribution in [2.45, 2.75) is 4.90 Å². The van der Waals surface area contributed by atoms with Crippen LogP contribution in [0.15, 0.2) is 65.6 Å². The number of thiocarbonyl (C=S) groups is 1. The van der Waals surface area contributed by atoms with Crippen LogP contribution in [0.1, 0.15) is 5.56 Å². The van der Waals surface area contributed by atoms with Gasteiger partial charge in [-0.15, -0.1) is 0 Å². The maximum absolute atomic E-state index is 12.8. The lowest BCUT2D eigenvalue weighted by Crippen LogP contribution is -2.46. The van der Waals surface area contributed by atoms with Crippen molar-refractivity contribution >= 4 is 45.0 Å². The third kappa shape index (κ3) is 5.96. The van der Waals surface area contributed by atoms with Crippen molar-refractivity contribution in [2.75, 3.05) is 38.5 Å². The summed E-state index contributed by atoms with van der Waals surface area (Å²) in [4.78, 5) is 14.3. The predicted octanol–water partition coefficient (Wildman–Crippen LogP) is 2.15. The number of sulfonamides is 1. The summed E-state index contributed by atoms with van der Waals surface area (Å²) >= 11 is 5.15. The number of carbonyl (C=O) groups is 1. The van der Waals surface area contributed by atoms with E-state index in [0.717, 1.165) is 5.56 Å². The van der Waals surface area contributed by atoms with Crippen molar-refractivity contribution in [3.63, 3.8) is 0 Å². The lowest BCUT2D eigenvalue weighted by atomic mass is 10.2. The highest BCUT2D eigenvalue weighted by Gasteiger charge is 2.27. The number of amides is 1. The van der Waals surface area contributed by atoms with E-state index in [9.17, 15) is 13.2 Å². The minimum atomic E-state index is -3.52. The minimum Gasteiger partial charge on any atom is -0.332 e. The molecule has 9 heteroatoms. The fourth-order valence-corrected chi connectivity index (χ4v) is 4.58. The Bertz CT molecular complexity index is 1010. The van der Waals surface area contributed by atoms with Gasteiger partial charge >= 0.3 is 0 Å². The molecule has 3 rings (SSSR count). The lowest BCUT2D eigenvalue weighted by Gasteiger charge is -2.31. The molecule has 0 aromatic heterocycles. The van der Waals surface area contributed by atoms with Crippen LogP contribution >= 0.6 is 12.2 Å². The average molecular weight is 445 g/mol. The normalized spacial score (nSPS) is 15.8. The molecule has 1 heterocycles. The first-order valence-electron chi connectivity index (χ1n) is 9.48. The number of likely N-dealkylation sites (N-methyl/N-ethyl adjacent to an activating group) is 1. The molecule has 0 bridgehead atoms. The summed E-state index contributed by atoms with van der Waals surface area (Å²) in [6.07, 6.45) is 3.09. The highest BCUT2D eigenvalue weighted by molar-refractivity contribution is 7.89. The summed E-state index contributed by atoms with van der Waals surface area (Å²) in [5, 5.41) is 5.58. The minimum absolute atomic E-state index is 0.132. The van der Waals surface area contributed by atoms with E-state index in [1.54, 1.807) is 18.2 Å². The Kier molecular flexibility index (Phi) is 7.33. The number of rotatable bonds is 5. The van der Waals surface area contributed by atoms with Crippen LogP contribution < -0.4 is 10.6 Å². The summed E-state index contributed by atoms with van der Waals surface area (Å²) in [5.41, 5.74) is 1.49. The monoisotopic (exact) mass is 444 g/mol. The van der Waals surface area contributed by atoms with Crippen molar-refractivity contribution in [3.05, 3.63) is 66.2 Å². The molecule has 2 aromatic carbocycles. The molecule has 1 fully saturated rings. The van der Waals surface area contributed by atoms with Crippen molar-refractivity contribution in [2.24, 2.45) is 0 Å². The summed E-state index contributed by atoms with van der Waals surface area (Å²) in [5.74, 6) is -0.356. The fraction of sp³-hybridized carbons (Fsp3) is 0.238. The number of benzene rings is 2. The summed E-state index contributed by atoms with van der Waals surface area (Å²) < 4.78 is 27.0. The summed E-state index contributed by atoms with van der Waals surface area (Å²) in [7, 11) is -1.54. The molecule has 158 valence electrons. The average Bonchev–Trinajstić information content (AvgIpc) is 2.73. The van der Waals surface area contributed by atoms with Crippen LogP contribution in [0.3, 0.4) is 0 Å². The number of hydrogen-bond acceptors (Lipinski definition) is 5. The van der Waals surface area contributed by atoms with Gasteiger partial charge in [-0.1, -0.05) is 30.3 Å². The highest BCUT2D eigenvalue weighted by atomic mass is 32.2. The van der Waals surface area contributed by atoms with Crippen molar-refractivity contribution in [1.82, 2.24) is 14.5 Å². The molecule has 0 spiro atoms. The van der Waals surface area contributed by atoms with Crippen LogP contribution in [-0.2, 0) is 14.8 Å². The fourth-order valence-electron chi connectivity index (χ4n) is 2.94. The lowest BCUT2D eigenvalue weighted by molar-refractivity contribution is -0.115. The SMILES string of the molecule is CN1CCN(S(=O)(=O)c2ccc(NC(=S)NC(=O)/C=C\c3ccccc3)cc2)CC1. The van der Waals surface area contributed by atoms with Gasteiger partial charge in [-0.05, 0) is 55.2 Å². The third-order valence-corrected chi connectivity index (χ3v) is 6.79. The smallest absolute Gasteiger partial charge is 0.250 e. The second kappa shape index (κ2) is 9.94. The summed E-state index contributed by atoms with van der Waals surface area (Å²) in [6.45, 7) is 2.38. The molecule has 2 aromatic rings. The molecule has 0 unspecified atom stereocenters. The van der Waals surface area contributed by atoms with Crippen LogP contribution in [0, 0.1) is 0 Å². The van der Waals surface area contributed by atoms with Crippen molar-refractivity contribution < 1.29 is 13.2 Å². The van der Waals surface area contributed by atoms with Crippen LogP contribution in [0.2, 0.25) is 0 Å². The van der Waals surface area contributed by atoms with Crippen LogP contribution in [0.4, 0.5) is 5.69 Å². The molecule has 1 saturated heterocycles. The van der Waals surface area contributed by atoms with E-state index in [2.05, 4.69) is 15.5 Å². The zero-order chi connectivity index (χ0) is 21.6. The Morgan fingerprint density at radius 2 is 1.63 bits per heavy atom. The number of nitrogens with one attached hydrogen (secondary N) is 2. The van der Waals surface area contributed by atoms with Crippen LogP contribution in [0.5, 0.6) is 0 Å². The Hall–Kier alpha value is -2.59. The molecule has 1 aliphatic heterocycles. The van der Waals surface area contributed by atoms with Crippen molar-refractivity contribution in [3.8, 4) is 0 Å². The number of carbonyl (C=O) groups excluding carboxylic acids is 1. The number of hydrogen-bond donors (Lipinski definition) is 2. The first-order valence-corrected chi connectivity index (χ1v) is 11.3. The molecule has 30 heavy (non-hydrogen) atoms. The molecule has 1 amide bonds. The Morgan fingerprint density at radius 1 is 1.00 bits per heavy atom. The molecule has 1 aliphatic rings. The maximum atomic E-state index is 12.8. The number of piperazine rings is 1. The van der Waals surface area contributed by atoms with Gasteiger partial charge in [0, 0.05) is 37.9 Å². The van der Waals surface area contributed by atoms with Gasteiger partial charge in [-0.2, -0.15) is 4.31 Å². The quantitative estimate of drug-likeness (QED) is 0.543. The largest absolute Gasteiger partial charge is 0.332 e. The number of nitrogens with zero attached hydrogens (tertiary/aromatic N) is 2. The molecular weight excluding hydrogens is 420 g/mol. The van der Waals surface area contributed by atoms with Crippen molar-refractivity contribution in [1.29, 1.82) is 0 Å². The van der Waals surface area contributed by atoms with E-state index in [1.165, 1.54) is 22.5 Å². The highest BCUT2D eigenvalue weighted by Crippen LogP contribution is 2.19. The van der Waals surface area contributed by atoms with E-state index in [1.807, 2.05) is 37.4 Å². The Morgan fingerprint density at radius 3 is 2.27 bits per heavy atom. The summed E-state index contributed by atoms with van der Waals surface area (Å²) in [6, 6.07) is 15.8. The zero-order valence-electron chi connectivity index (χ0n) is 16.6. The molecular formula is C21H24N4O3S2. The molecule has 2 N–H and O–H groups in total. The van der Waals surface area contributed by atoms with Gasteiger partial charge in [0.1, 0.15) is 0 Å². The Balaban J connectivity index is 1.55. The Labute approximate surface area is 182 Å². The van der Waals surface area contributed by atoms with Gasteiger partial charge in [0.25, 0.3) is 0 Å².